The minimum atomic E-state index is -0.194. The highest BCUT2D eigenvalue weighted by atomic mass is 32.2. The summed E-state index contributed by atoms with van der Waals surface area (Å²) in [6.45, 7) is 0. The van der Waals surface area contributed by atoms with Crippen molar-refractivity contribution in [3.8, 4) is 11.4 Å². The van der Waals surface area contributed by atoms with Crippen molar-refractivity contribution in [3.63, 3.8) is 0 Å². The predicted octanol–water partition coefficient (Wildman–Crippen LogP) is 1.22. The highest BCUT2D eigenvalue weighted by Crippen LogP contribution is 2.19. The third kappa shape index (κ3) is 2.86. The molecule has 0 bridgehead atoms. The molecule has 2 rings (SSSR count). The van der Waals surface area contributed by atoms with Crippen molar-refractivity contribution in [2.24, 2.45) is 12.8 Å². The van der Waals surface area contributed by atoms with Crippen LogP contribution in [0.4, 0.5) is 0 Å². The summed E-state index contributed by atoms with van der Waals surface area (Å²) in [6, 6.07) is -0.194. The first-order valence-electron chi connectivity index (χ1n) is 5.28. The van der Waals surface area contributed by atoms with Crippen LogP contribution in [-0.2, 0) is 7.05 Å². The van der Waals surface area contributed by atoms with Gasteiger partial charge in [-0.1, -0.05) is 5.16 Å². The maximum Gasteiger partial charge on any atom is 0.243 e. The van der Waals surface area contributed by atoms with E-state index in [9.17, 15) is 0 Å². The Morgan fingerprint density at radius 3 is 3.06 bits per heavy atom. The SMILES string of the molecule is CSCC[C@H](N)c1nc(-c2cnn(C)c2)no1. The van der Waals surface area contributed by atoms with E-state index in [1.54, 1.807) is 22.6 Å². The average Bonchev–Trinajstić information content (AvgIpc) is 2.93. The highest BCUT2D eigenvalue weighted by Gasteiger charge is 2.15. The van der Waals surface area contributed by atoms with Crippen LogP contribution in [0.25, 0.3) is 11.4 Å². The van der Waals surface area contributed by atoms with Crippen LogP contribution < -0.4 is 5.73 Å². The van der Waals surface area contributed by atoms with Crippen LogP contribution in [-0.4, -0.2) is 31.9 Å². The van der Waals surface area contributed by atoms with Crippen LogP contribution in [0, 0.1) is 0 Å². The predicted molar refractivity (Wildman–Crippen MR) is 66.4 cm³/mol. The molecule has 0 fully saturated rings. The first-order valence-corrected chi connectivity index (χ1v) is 6.67. The molecule has 92 valence electrons. The molecule has 0 amide bonds. The van der Waals surface area contributed by atoms with E-state index in [1.165, 1.54) is 0 Å². The molecule has 0 aliphatic rings. The molecule has 2 aromatic heterocycles. The van der Waals surface area contributed by atoms with E-state index in [-0.39, 0.29) is 6.04 Å². The van der Waals surface area contributed by atoms with Gasteiger partial charge in [0.05, 0.1) is 17.8 Å². The van der Waals surface area contributed by atoms with Gasteiger partial charge in [-0.2, -0.15) is 21.8 Å². The molecule has 1 atom stereocenters. The van der Waals surface area contributed by atoms with E-state index >= 15 is 0 Å². The summed E-state index contributed by atoms with van der Waals surface area (Å²) in [6.07, 6.45) is 6.40. The maximum absolute atomic E-state index is 5.95. The van der Waals surface area contributed by atoms with Crippen LogP contribution in [0.1, 0.15) is 18.4 Å². The zero-order valence-corrected chi connectivity index (χ0v) is 10.6. The fourth-order valence-corrected chi connectivity index (χ4v) is 1.90. The third-order valence-electron chi connectivity index (χ3n) is 2.35. The number of nitrogens with zero attached hydrogens (tertiary/aromatic N) is 4. The van der Waals surface area contributed by atoms with Gasteiger partial charge in [0, 0.05) is 13.2 Å². The molecule has 2 aromatic rings. The van der Waals surface area contributed by atoms with Gasteiger partial charge in [-0.15, -0.1) is 0 Å². The number of rotatable bonds is 5. The molecule has 7 heteroatoms. The average molecular weight is 253 g/mol. The fraction of sp³-hybridized carbons (Fsp3) is 0.500. The summed E-state index contributed by atoms with van der Waals surface area (Å²) < 4.78 is 6.85. The van der Waals surface area contributed by atoms with Crippen LogP contribution in [0.3, 0.4) is 0 Å². The molecule has 0 radical (unpaired) electrons. The Balaban J connectivity index is 2.10. The number of hydrogen-bond acceptors (Lipinski definition) is 6. The zero-order chi connectivity index (χ0) is 12.3. The monoisotopic (exact) mass is 253 g/mol. The van der Waals surface area contributed by atoms with Crippen molar-refractivity contribution in [2.45, 2.75) is 12.5 Å². The molecule has 0 saturated heterocycles. The normalized spacial score (nSPS) is 12.9. The lowest BCUT2D eigenvalue weighted by Crippen LogP contribution is -2.11. The summed E-state index contributed by atoms with van der Waals surface area (Å²) in [5.74, 6) is 2.00. The van der Waals surface area contributed by atoms with Crippen LogP contribution in [0.5, 0.6) is 0 Å². The summed E-state index contributed by atoms with van der Waals surface area (Å²) >= 11 is 1.75. The minimum Gasteiger partial charge on any atom is -0.337 e. The Morgan fingerprint density at radius 1 is 1.59 bits per heavy atom. The smallest absolute Gasteiger partial charge is 0.243 e. The lowest BCUT2D eigenvalue weighted by atomic mass is 10.2. The Hall–Kier alpha value is -1.34. The third-order valence-corrected chi connectivity index (χ3v) is 3.00. The van der Waals surface area contributed by atoms with Gasteiger partial charge >= 0.3 is 0 Å². The van der Waals surface area contributed by atoms with Crippen LogP contribution in [0.2, 0.25) is 0 Å². The Kier molecular flexibility index (Phi) is 3.80. The van der Waals surface area contributed by atoms with Gasteiger partial charge in [0.15, 0.2) is 0 Å². The lowest BCUT2D eigenvalue weighted by molar-refractivity contribution is 0.353. The number of hydrogen-bond donors (Lipinski definition) is 1. The lowest BCUT2D eigenvalue weighted by Gasteiger charge is -2.03. The standard InChI is InChI=1S/C10H15N5OS/c1-15-6-7(5-12-15)9-13-10(16-14-9)8(11)3-4-17-2/h5-6,8H,3-4,11H2,1-2H3/t8-/m0/s1. The van der Waals surface area contributed by atoms with Gasteiger partial charge in [-0.05, 0) is 18.4 Å². The molecule has 0 aromatic carbocycles. The van der Waals surface area contributed by atoms with E-state index < -0.39 is 0 Å². The van der Waals surface area contributed by atoms with Crippen molar-refractivity contribution < 1.29 is 4.52 Å². The maximum atomic E-state index is 5.95. The Labute approximate surface area is 104 Å². The van der Waals surface area contributed by atoms with Gasteiger partial charge in [-0.25, -0.2) is 0 Å². The first-order chi connectivity index (χ1) is 8.20. The molecule has 0 unspecified atom stereocenters. The molecule has 17 heavy (non-hydrogen) atoms. The number of nitrogens with two attached hydrogens (primary N) is 1. The summed E-state index contributed by atoms with van der Waals surface area (Å²) in [5.41, 5.74) is 6.78. The van der Waals surface area contributed by atoms with E-state index in [0.29, 0.717) is 11.7 Å². The molecule has 6 nitrogen and oxygen atoms in total. The number of thioether (sulfide) groups is 1. The Morgan fingerprint density at radius 2 is 2.41 bits per heavy atom. The van der Waals surface area contributed by atoms with Crippen LogP contribution in [0.15, 0.2) is 16.9 Å². The van der Waals surface area contributed by atoms with E-state index in [4.69, 9.17) is 10.3 Å². The highest BCUT2D eigenvalue weighted by molar-refractivity contribution is 7.98. The van der Waals surface area contributed by atoms with Crippen molar-refractivity contribution >= 4 is 11.8 Å². The summed E-state index contributed by atoms with van der Waals surface area (Å²) in [7, 11) is 1.84. The van der Waals surface area contributed by atoms with Gasteiger partial charge in [0.25, 0.3) is 0 Å². The van der Waals surface area contributed by atoms with E-state index in [2.05, 4.69) is 15.2 Å². The number of aromatic nitrogens is 4. The summed E-state index contributed by atoms with van der Waals surface area (Å²) in [5, 5.41) is 7.96. The van der Waals surface area contributed by atoms with Crippen molar-refractivity contribution in [1.82, 2.24) is 19.9 Å². The minimum absolute atomic E-state index is 0.194. The van der Waals surface area contributed by atoms with Crippen molar-refractivity contribution in [3.05, 3.63) is 18.3 Å². The molecule has 0 aliphatic heterocycles. The van der Waals surface area contributed by atoms with Gasteiger partial charge in [0.1, 0.15) is 0 Å². The second-order valence-electron chi connectivity index (χ2n) is 3.75. The largest absolute Gasteiger partial charge is 0.337 e. The van der Waals surface area contributed by atoms with Gasteiger partial charge in [-0.3, -0.25) is 4.68 Å². The Bertz CT molecular complexity index is 481. The van der Waals surface area contributed by atoms with Crippen molar-refractivity contribution in [2.75, 3.05) is 12.0 Å². The molecule has 0 spiro atoms. The van der Waals surface area contributed by atoms with Crippen LogP contribution >= 0.6 is 11.8 Å². The van der Waals surface area contributed by atoms with Gasteiger partial charge in [0.2, 0.25) is 11.7 Å². The number of aryl methyl sites for hydroxylation is 1. The van der Waals surface area contributed by atoms with E-state index in [1.807, 2.05) is 19.5 Å². The molecule has 0 saturated carbocycles. The molecular weight excluding hydrogens is 238 g/mol. The topological polar surface area (TPSA) is 82.8 Å². The second-order valence-corrected chi connectivity index (χ2v) is 4.73. The molecule has 2 N–H and O–H groups in total. The molecule has 0 aliphatic carbocycles. The quantitative estimate of drug-likeness (QED) is 0.862. The second kappa shape index (κ2) is 5.33. The first kappa shape index (κ1) is 12.1. The zero-order valence-electron chi connectivity index (χ0n) is 9.83. The summed E-state index contributed by atoms with van der Waals surface area (Å²) in [4.78, 5) is 4.28. The van der Waals surface area contributed by atoms with Crippen molar-refractivity contribution in [1.29, 1.82) is 0 Å². The van der Waals surface area contributed by atoms with Gasteiger partial charge < -0.3 is 10.3 Å². The van der Waals surface area contributed by atoms with E-state index in [0.717, 1.165) is 17.7 Å². The fourth-order valence-electron chi connectivity index (χ4n) is 1.41. The molecular formula is C10H15N5OS. The molecule has 2 heterocycles.